The van der Waals surface area contributed by atoms with Crippen molar-refractivity contribution >= 4 is 10.8 Å². The van der Waals surface area contributed by atoms with E-state index in [0.29, 0.717) is 6.10 Å². The van der Waals surface area contributed by atoms with Gasteiger partial charge < -0.3 is 9.47 Å². The van der Waals surface area contributed by atoms with E-state index in [2.05, 4.69) is 44.2 Å². The molecule has 0 radical (unpaired) electrons. The Hall–Kier alpha value is -1.54. The maximum Gasteiger partial charge on any atom is 0.122 e. The van der Waals surface area contributed by atoms with Gasteiger partial charge in [0, 0.05) is 12.0 Å². The van der Waals surface area contributed by atoms with Crippen LogP contribution < -0.4 is 4.74 Å². The molecular formula is C16H18O2. The third-order valence-corrected chi connectivity index (χ3v) is 3.77. The number of hydrogen-bond donors (Lipinski definition) is 0. The van der Waals surface area contributed by atoms with Crippen LogP contribution in [0, 0.1) is 0 Å². The van der Waals surface area contributed by atoms with Crippen LogP contribution in [0.5, 0.6) is 5.75 Å². The fraction of sp³-hybridized carbons (Fsp3) is 0.375. The molecule has 0 aromatic heterocycles. The lowest BCUT2D eigenvalue weighted by Gasteiger charge is -2.11. The second-order valence-electron chi connectivity index (χ2n) is 5.38. The molecule has 1 fully saturated rings. The molecule has 0 bridgehead atoms. The topological polar surface area (TPSA) is 21.8 Å². The molecule has 1 aliphatic heterocycles. The van der Waals surface area contributed by atoms with E-state index in [0.717, 1.165) is 12.2 Å². The lowest BCUT2D eigenvalue weighted by atomic mass is 9.96. The van der Waals surface area contributed by atoms with Crippen molar-refractivity contribution < 1.29 is 9.47 Å². The summed E-state index contributed by atoms with van der Waals surface area (Å²) in [4.78, 5) is 0. The van der Waals surface area contributed by atoms with Gasteiger partial charge in [0.2, 0.25) is 0 Å². The Bertz CT molecular complexity index is 587. The van der Waals surface area contributed by atoms with Crippen molar-refractivity contribution in [1.82, 2.24) is 0 Å². The van der Waals surface area contributed by atoms with Crippen LogP contribution in [0.2, 0.25) is 0 Å². The van der Waals surface area contributed by atoms with Crippen LogP contribution in [0.15, 0.2) is 36.4 Å². The molecule has 1 atom stereocenters. The summed E-state index contributed by atoms with van der Waals surface area (Å²) in [5.41, 5.74) is 1.27. The normalized spacial score (nSPS) is 20.9. The SMILES string of the molecule is COc1ccc2ccccc2c1C[C@H]1OC1(C)C. The summed E-state index contributed by atoms with van der Waals surface area (Å²) < 4.78 is 11.2. The Kier molecular flexibility index (Phi) is 2.56. The number of benzene rings is 2. The maximum absolute atomic E-state index is 5.70. The zero-order valence-electron chi connectivity index (χ0n) is 11.1. The summed E-state index contributed by atoms with van der Waals surface area (Å²) in [7, 11) is 1.73. The summed E-state index contributed by atoms with van der Waals surface area (Å²) >= 11 is 0. The van der Waals surface area contributed by atoms with Gasteiger partial charge >= 0.3 is 0 Å². The maximum atomic E-state index is 5.70. The molecule has 0 aliphatic carbocycles. The predicted molar refractivity (Wildman–Crippen MR) is 73.2 cm³/mol. The van der Waals surface area contributed by atoms with Gasteiger partial charge in [0.1, 0.15) is 5.75 Å². The molecule has 1 heterocycles. The second-order valence-corrected chi connectivity index (χ2v) is 5.38. The molecule has 0 unspecified atom stereocenters. The van der Waals surface area contributed by atoms with Crippen molar-refractivity contribution in [2.45, 2.75) is 32.0 Å². The first kappa shape index (κ1) is 11.5. The van der Waals surface area contributed by atoms with Crippen LogP contribution >= 0.6 is 0 Å². The monoisotopic (exact) mass is 242 g/mol. The minimum absolute atomic E-state index is 0.0158. The van der Waals surface area contributed by atoms with Gasteiger partial charge in [-0.25, -0.2) is 0 Å². The lowest BCUT2D eigenvalue weighted by molar-refractivity contribution is 0.322. The fourth-order valence-electron chi connectivity index (χ4n) is 2.52. The number of epoxide rings is 1. The Morgan fingerprint density at radius 3 is 2.56 bits per heavy atom. The summed E-state index contributed by atoms with van der Waals surface area (Å²) in [6.45, 7) is 4.27. The first-order chi connectivity index (χ1) is 8.62. The molecule has 0 spiro atoms. The summed E-state index contributed by atoms with van der Waals surface area (Å²) in [6, 6.07) is 12.6. The molecule has 1 saturated heterocycles. The molecule has 94 valence electrons. The largest absolute Gasteiger partial charge is 0.496 e. The predicted octanol–water partition coefficient (Wildman–Crippen LogP) is 3.57. The first-order valence-electron chi connectivity index (χ1n) is 6.34. The Balaban J connectivity index is 2.07. The van der Waals surface area contributed by atoms with Crippen molar-refractivity contribution in [1.29, 1.82) is 0 Å². The number of rotatable bonds is 3. The summed E-state index contributed by atoms with van der Waals surface area (Å²) in [5.74, 6) is 0.958. The van der Waals surface area contributed by atoms with E-state index in [1.54, 1.807) is 7.11 Å². The molecule has 0 saturated carbocycles. The summed E-state index contributed by atoms with van der Waals surface area (Å²) in [5, 5.41) is 2.52. The average Bonchev–Trinajstić information content (AvgIpc) is 2.97. The third kappa shape index (κ3) is 1.87. The van der Waals surface area contributed by atoms with Gasteiger partial charge in [-0.3, -0.25) is 0 Å². The van der Waals surface area contributed by atoms with Crippen LogP contribution in [0.4, 0.5) is 0 Å². The van der Waals surface area contributed by atoms with Crippen molar-refractivity contribution in [3.8, 4) is 5.75 Å². The van der Waals surface area contributed by atoms with Crippen LogP contribution in [0.1, 0.15) is 19.4 Å². The fourth-order valence-corrected chi connectivity index (χ4v) is 2.52. The molecule has 0 N–H and O–H groups in total. The molecule has 1 aliphatic rings. The number of hydrogen-bond acceptors (Lipinski definition) is 2. The molecule has 2 aromatic rings. The third-order valence-electron chi connectivity index (χ3n) is 3.77. The molecule has 2 nitrogen and oxygen atoms in total. The Morgan fingerprint density at radius 1 is 1.17 bits per heavy atom. The Labute approximate surface area is 108 Å². The van der Waals surface area contributed by atoms with Crippen molar-refractivity contribution in [3.63, 3.8) is 0 Å². The minimum atomic E-state index is 0.0158. The highest BCUT2D eigenvalue weighted by atomic mass is 16.6. The quantitative estimate of drug-likeness (QED) is 0.767. The van der Waals surface area contributed by atoms with Crippen LogP contribution in [0.3, 0.4) is 0 Å². The van der Waals surface area contributed by atoms with Crippen molar-refractivity contribution in [3.05, 3.63) is 42.0 Å². The Morgan fingerprint density at radius 2 is 1.89 bits per heavy atom. The molecule has 3 rings (SSSR count). The summed E-state index contributed by atoms with van der Waals surface area (Å²) in [6.07, 6.45) is 1.22. The van der Waals surface area contributed by atoms with Gasteiger partial charge in [-0.2, -0.15) is 0 Å². The first-order valence-corrected chi connectivity index (χ1v) is 6.34. The number of fused-ring (bicyclic) bond motifs is 1. The molecular weight excluding hydrogens is 224 g/mol. The number of methoxy groups -OCH3 is 1. The average molecular weight is 242 g/mol. The highest BCUT2D eigenvalue weighted by molar-refractivity contribution is 5.87. The van der Waals surface area contributed by atoms with E-state index in [-0.39, 0.29) is 5.60 Å². The van der Waals surface area contributed by atoms with Crippen LogP contribution in [-0.2, 0) is 11.2 Å². The van der Waals surface area contributed by atoms with E-state index in [1.807, 2.05) is 6.07 Å². The molecule has 2 aromatic carbocycles. The van der Waals surface area contributed by atoms with Crippen LogP contribution in [0.25, 0.3) is 10.8 Å². The second kappa shape index (κ2) is 3.99. The molecule has 18 heavy (non-hydrogen) atoms. The number of ether oxygens (including phenoxy) is 2. The lowest BCUT2D eigenvalue weighted by Crippen LogP contribution is -2.07. The van der Waals surface area contributed by atoms with Gasteiger partial charge in [-0.05, 0) is 30.7 Å². The standard InChI is InChI=1S/C16H18O2/c1-16(2)15(18-16)10-13-12-7-5-4-6-11(12)8-9-14(13)17-3/h4-9,15H,10H2,1-3H3/t15-/m1/s1. The van der Waals surface area contributed by atoms with E-state index in [9.17, 15) is 0 Å². The zero-order chi connectivity index (χ0) is 12.8. The minimum Gasteiger partial charge on any atom is -0.496 e. The highest BCUT2D eigenvalue weighted by Crippen LogP contribution is 2.40. The highest BCUT2D eigenvalue weighted by Gasteiger charge is 2.47. The van der Waals surface area contributed by atoms with Gasteiger partial charge in [0.05, 0.1) is 18.8 Å². The van der Waals surface area contributed by atoms with Crippen LogP contribution in [-0.4, -0.2) is 18.8 Å². The van der Waals surface area contributed by atoms with Gasteiger partial charge in [-0.15, -0.1) is 0 Å². The smallest absolute Gasteiger partial charge is 0.122 e. The van der Waals surface area contributed by atoms with Gasteiger partial charge in [0.25, 0.3) is 0 Å². The van der Waals surface area contributed by atoms with Crippen molar-refractivity contribution in [2.24, 2.45) is 0 Å². The van der Waals surface area contributed by atoms with Gasteiger partial charge in [0.15, 0.2) is 0 Å². The van der Waals surface area contributed by atoms with Crippen molar-refractivity contribution in [2.75, 3.05) is 7.11 Å². The molecule has 0 amide bonds. The van der Waals surface area contributed by atoms with E-state index < -0.39 is 0 Å². The van der Waals surface area contributed by atoms with E-state index >= 15 is 0 Å². The van der Waals surface area contributed by atoms with Gasteiger partial charge in [-0.1, -0.05) is 30.3 Å². The molecule has 2 heteroatoms. The zero-order valence-corrected chi connectivity index (χ0v) is 11.1. The van der Waals surface area contributed by atoms with E-state index in [4.69, 9.17) is 9.47 Å². The van der Waals surface area contributed by atoms with E-state index in [1.165, 1.54) is 16.3 Å².